The summed E-state index contributed by atoms with van der Waals surface area (Å²) in [5.41, 5.74) is 3.49. The van der Waals surface area contributed by atoms with E-state index in [9.17, 15) is 13.6 Å². The molecule has 0 amide bonds. The van der Waals surface area contributed by atoms with Gasteiger partial charge in [-0.25, -0.2) is 14.0 Å². The summed E-state index contributed by atoms with van der Waals surface area (Å²) in [6.45, 7) is -0.906. The Balaban J connectivity index is 1.59. The normalized spacial score (nSPS) is 11.3. The fourth-order valence-corrected chi connectivity index (χ4v) is 4.02. The van der Waals surface area contributed by atoms with E-state index in [0.717, 1.165) is 0 Å². The monoisotopic (exact) mass is 508 g/mol. The lowest BCUT2D eigenvalue weighted by molar-refractivity contribution is 0.0566. The van der Waals surface area contributed by atoms with Gasteiger partial charge in [-0.1, -0.05) is 23.7 Å². The second-order valence-electron chi connectivity index (χ2n) is 7.91. The maximum absolute atomic E-state index is 12.9. The second-order valence-corrected chi connectivity index (χ2v) is 8.35. The molecule has 0 aliphatic rings. The first-order chi connectivity index (χ1) is 17.3. The van der Waals surface area contributed by atoms with Gasteiger partial charge in [0.25, 0.3) is 0 Å². The molecular formula is C25H19ClF2N6O2. The van der Waals surface area contributed by atoms with E-state index < -0.39 is 6.55 Å². The summed E-state index contributed by atoms with van der Waals surface area (Å²) in [7, 11) is 1.49. The summed E-state index contributed by atoms with van der Waals surface area (Å²) in [6, 6.07) is 15.5. The van der Waals surface area contributed by atoms with Gasteiger partial charge >= 0.3 is 6.55 Å². The Labute approximate surface area is 208 Å². The molecule has 8 nitrogen and oxygen atoms in total. The average molecular weight is 509 g/mol. The molecule has 36 heavy (non-hydrogen) atoms. The lowest BCUT2D eigenvalue weighted by atomic mass is 10.1. The highest BCUT2D eigenvalue weighted by molar-refractivity contribution is 6.30. The maximum Gasteiger partial charge on any atom is 0.333 e. The third-order valence-corrected chi connectivity index (χ3v) is 5.73. The zero-order valence-electron chi connectivity index (χ0n) is 19.1. The van der Waals surface area contributed by atoms with Crippen LogP contribution in [-0.4, -0.2) is 36.5 Å². The quantitative estimate of drug-likeness (QED) is 0.310. The van der Waals surface area contributed by atoms with E-state index >= 15 is 0 Å². The molecule has 0 spiro atoms. The van der Waals surface area contributed by atoms with Crippen molar-refractivity contribution < 1.29 is 13.5 Å². The molecule has 3 aromatic heterocycles. The predicted molar refractivity (Wildman–Crippen MR) is 131 cm³/mol. The summed E-state index contributed by atoms with van der Waals surface area (Å²) < 4.78 is 35.1. The molecule has 0 saturated carbocycles. The zero-order valence-corrected chi connectivity index (χ0v) is 19.9. The Bertz CT molecular complexity index is 1630. The molecule has 2 aromatic carbocycles. The van der Waals surface area contributed by atoms with Gasteiger partial charge in [0, 0.05) is 29.0 Å². The van der Waals surface area contributed by atoms with Crippen LogP contribution in [0.1, 0.15) is 12.2 Å². The Morgan fingerprint density at radius 1 is 1.03 bits per heavy atom. The zero-order chi connectivity index (χ0) is 25.4. The third-order valence-electron chi connectivity index (χ3n) is 5.50. The van der Waals surface area contributed by atoms with Crippen LogP contribution in [0, 0.1) is 6.92 Å². The van der Waals surface area contributed by atoms with E-state index in [1.165, 1.54) is 36.4 Å². The van der Waals surface area contributed by atoms with Gasteiger partial charge in [-0.2, -0.15) is 24.1 Å². The molecule has 3 heterocycles. The Hall–Kier alpha value is -4.31. The van der Waals surface area contributed by atoms with E-state index in [2.05, 4.69) is 15.3 Å². The second kappa shape index (κ2) is 9.38. The first-order valence-electron chi connectivity index (χ1n) is 10.8. The van der Waals surface area contributed by atoms with Crippen LogP contribution in [0.2, 0.25) is 5.02 Å². The minimum absolute atomic E-state index is 0.183. The summed E-state index contributed by atoms with van der Waals surface area (Å²) in [5.74, 6) is 0.430. The Kier molecular flexibility index (Phi) is 6.11. The molecule has 0 bridgehead atoms. The van der Waals surface area contributed by atoms with E-state index in [-0.39, 0.29) is 11.1 Å². The van der Waals surface area contributed by atoms with Gasteiger partial charge in [0.05, 0.1) is 30.4 Å². The van der Waals surface area contributed by atoms with Gasteiger partial charge in [0.2, 0.25) is 5.43 Å². The molecule has 0 aliphatic heterocycles. The van der Waals surface area contributed by atoms with Crippen molar-refractivity contribution in [1.82, 2.24) is 29.3 Å². The van der Waals surface area contributed by atoms with Crippen molar-refractivity contribution in [2.24, 2.45) is 0 Å². The lowest BCUT2D eigenvalue weighted by Gasteiger charge is -2.13. The molecule has 0 aliphatic carbocycles. The maximum atomic E-state index is 12.9. The molecule has 0 saturated heterocycles. The topological polar surface area (TPSA) is 79.8 Å². The number of hydrogen-bond donors (Lipinski definition) is 0. The number of halogens is 3. The first kappa shape index (κ1) is 23.4. The number of nitrogens with zero attached hydrogens (tertiary/aromatic N) is 6. The lowest BCUT2D eigenvalue weighted by Crippen LogP contribution is -2.15. The van der Waals surface area contributed by atoms with Crippen molar-refractivity contribution in [3.8, 4) is 39.6 Å². The summed E-state index contributed by atoms with van der Waals surface area (Å²) >= 11 is 6.16. The molecule has 0 fully saturated rings. The van der Waals surface area contributed by atoms with E-state index in [4.69, 9.17) is 16.3 Å². The summed E-state index contributed by atoms with van der Waals surface area (Å²) in [6.07, 6.45) is 4.15. The van der Waals surface area contributed by atoms with Gasteiger partial charge in [0.15, 0.2) is 5.69 Å². The van der Waals surface area contributed by atoms with Crippen LogP contribution in [0.4, 0.5) is 8.78 Å². The van der Waals surface area contributed by atoms with E-state index in [0.29, 0.717) is 49.3 Å². The van der Waals surface area contributed by atoms with Gasteiger partial charge in [-0.05, 0) is 48.9 Å². The average Bonchev–Trinajstić information content (AvgIpc) is 3.51. The molecular weight excluding hydrogens is 490 g/mol. The van der Waals surface area contributed by atoms with Crippen molar-refractivity contribution in [3.63, 3.8) is 0 Å². The highest BCUT2D eigenvalue weighted by atomic mass is 35.5. The van der Waals surface area contributed by atoms with Crippen LogP contribution in [0.5, 0.6) is 5.75 Å². The van der Waals surface area contributed by atoms with E-state index in [1.807, 2.05) is 13.0 Å². The summed E-state index contributed by atoms with van der Waals surface area (Å²) in [5, 5.41) is 13.3. The highest BCUT2D eigenvalue weighted by Crippen LogP contribution is 2.30. The molecule has 5 rings (SSSR count). The smallest absolute Gasteiger partial charge is 0.333 e. The van der Waals surface area contributed by atoms with Crippen molar-refractivity contribution in [1.29, 1.82) is 0 Å². The van der Waals surface area contributed by atoms with Crippen LogP contribution in [0.3, 0.4) is 0 Å². The number of aryl methyl sites for hydroxylation is 1. The first-order valence-corrected chi connectivity index (χ1v) is 11.2. The molecule has 0 radical (unpaired) electrons. The number of aromatic nitrogens is 6. The van der Waals surface area contributed by atoms with E-state index in [1.54, 1.807) is 47.1 Å². The van der Waals surface area contributed by atoms with Gasteiger partial charge in [-0.15, -0.1) is 0 Å². The van der Waals surface area contributed by atoms with Gasteiger partial charge < -0.3 is 4.74 Å². The van der Waals surface area contributed by atoms with Crippen molar-refractivity contribution in [2.45, 2.75) is 13.5 Å². The number of methoxy groups -OCH3 is 1. The number of benzene rings is 2. The van der Waals surface area contributed by atoms with Crippen molar-refractivity contribution in [3.05, 3.63) is 94.1 Å². The summed E-state index contributed by atoms with van der Waals surface area (Å²) in [4.78, 5) is 12.9. The molecule has 0 atom stereocenters. The van der Waals surface area contributed by atoms with Gasteiger partial charge in [0.1, 0.15) is 11.4 Å². The number of alkyl halides is 2. The van der Waals surface area contributed by atoms with Crippen molar-refractivity contribution >= 4 is 11.6 Å². The van der Waals surface area contributed by atoms with Crippen LogP contribution in [-0.2, 0) is 0 Å². The van der Waals surface area contributed by atoms with Crippen LogP contribution in [0.25, 0.3) is 33.9 Å². The molecule has 0 unspecified atom stereocenters. The minimum atomic E-state index is -2.73. The molecule has 5 aromatic rings. The fraction of sp³-hybridized carbons (Fsp3) is 0.120. The van der Waals surface area contributed by atoms with Crippen LogP contribution in [0.15, 0.2) is 78.0 Å². The van der Waals surface area contributed by atoms with Crippen LogP contribution >= 0.6 is 11.6 Å². The highest BCUT2D eigenvalue weighted by Gasteiger charge is 2.17. The number of hydrogen-bond acceptors (Lipinski definition) is 5. The third kappa shape index (κ3) is 4.38. The fourth-order valence-electron chi connectivity index (χ4n) is 3.83. The molecule has 182 valence electrons. The van der Waals surface area contributed by atoms with Crippen LogP contribution < -0.4 is 10.2 Å². The number of rotatable bonds is 6. The van der Waals surface area contributed by atoms with Gasteiger partial charge in [-0.3, -0.25) is 4.79 Å². The minimum Gasteiger partial charge on any atom is -0.494 e. The largest absolute Gasteiger partial charge is 0.494 e. The molecule has 0 N–H and O–H groups in total. The Morgan fingerprint density at radius 3 is 2.58 bits per heavy atom. The SMILES string of the molecule is COc1cc(-c2cnn(C(F)F)c2)ccc1-n1ccc(=O)c(-c2cc(C)nn2-c2cccc(Cl)c2)n1. The van der Waals surface area contributed by atoms with Crippen molar-refractivity contribution in [2.75, 3.05) is 7.11 Å². The molecule has 11 heteroatoms. The standard InChI is InChI=1S/C25H19ClF2N6O2/c1-15-10-21(34(30-15)19-5-3-4-18(26)12-19)24-22(35)8-9-32(31-24)20-7-6-16(11-23(20)36-2)17-13-29-33(14-17)25(27)28/h3-14,25H,1-2H3. The predicted octanol–water partition coefficient (Wildman–Crippen LogP) is 5.31. The Morgan fingerprint density at radius 2 is 1.86 bits per heavy atom. The number of ether oxygens (including phenoxy) is 1.